The number of nitrogens with one attached hydrogen (secondary N) is 1. The van der Waals surface area contributed by atoms with Gasteiger partial charge in [0.2, 0.25) is 0 Å². The molecule has 1 atom stereocenters. The molecular formula is C12H11BrN4O3S. The number of thiazole rings is 1. The SMILES string of the molecule is CC(N)c1nc(C(=O)Nc2ccc(Br)c([N+](=O)[O-])c2)cs1. The van der Waals surface area contributed by atoms with E-state index >= 15 is 0 Å². The van der Waals surface area contributed by atoms with Gasteiger partial charge in [-0.3, -0.25) is 14.9 Å². The highest BCUT2D eigenvalue weighted by molar-refractivity contribution is 9.10. The van der Waals surface area contributed by atoms with Crippen molar-refractivity contribution in [3.8, 4) is 0 Å². The number of carbonyl (C=O) groups is 1. The van der Waals surface area contributed by atoms with Crippen LogP contribution in [0.15, 0.2) is 28.1 Å². The molecule has 7 nitrogen and oxygen atoms in total. The van der Waals surface area contributed by atoms with E-state index in [1.807, 2.05) is 0 Å². The molecule has 0 saturated heterocycles. The van der Waals surface area contributed by atoms with Crippen molar-refractivity contribution in [2.24, 2.45) is 5.73 Å². The molecule has 2 rings (SSSR count). The minimum atomic E-state index is -0.531. The molecule has 1 aromatic heterocycles. The molecule has 9 heteroatoms. The summed E-state index contributed by atoms with van der Waals surface area (Å²) in [4.78, 5) is 26.5. The highest BCUT2D eigenvalue weighted by Crippen LogP contribution is 2.28. The van der Waals surface area contributed by atoms with E-state index in [-0.39, 0.29) is 17.4 Å². The maximum atomic E-state index is 12.0. The number of carbonyl (C=O) groups excluding carboxylic acids is 1. The number of nitrogens with zero attached hydrogens (tertiary/aromatic N) is 2. The summed E-state index contributed by atoms with van der Waals surface area (Å²) in [6, 6.07) is 4.10. The number of benzene rings is 1. The highest BCUT2D eigenvalue weighted by atomic mass is 79.9. The average Bonchev–Trinajstić information content (AvgIpc) is 2.90. The summed E-state index contributed by atoms with van der Waals surface area (Å²) in [6.07, 6.45) is 0. The molecule has 0 radical (unpaired) electrons. The van der Waals surface area contributed by atoms with Crippen LogP contribution in [0.1, 0.15) is 28.5 Å². The van der Waals surface area contributed by atoms with Crippen LogP contribution in [0.4, 0.5) is 11.4 Å². The van der Waals surface area contributed by atoms with Crippen LogP contribution in [0.25, 0.3) is 0 Å². The molecular weight excluding hydrogens is 360 g/mol. The largest absolute Gasteiger partial charge is 0.322 e. The first kappa shape index (κ1) is 15.5. The molecule has 21 heavy (non-hydrogen) atoms. The van der Waals surface area contributed by atoms with Crippen LogP contribution in [0, 0.1) is 10.1 Å². The number of nitro groups is 1. The van der Waals surface area contributed by atoms with Gasteiger partial charge in [-0.2, -0.15) is 0 Å². The Morgan fingerprint density at radius 3 is 2.86 bits per heavy atom. The maximum absolute atomic E-state index is 12.0. The Kier molecular flexibility index (Phi) is 4.66. The number of rotatable bonds is 4. The number of aromatic nitrogens is 1. The van der Waals surface area contributed by atoms with Crippen LogP contribution < -0.4 is 11.1 Å². The number of hydrogen-bond donors (Lipinski definition) is 2. The quantitative estimate of drug-likeness (QED) is 0.634. The molecule has 0 aliphatic carbocycles. The van der Waals surface area contributed by atoms with Crippen LogP contribution in [0.5, 0.6) is 0 Å². The molecule has 1 unspecified atom stereocenters. The van der Waals surface area contributed by atoms with E-state index in [2.05, 4.69) is 26.2 Å². The second kappa shape index (κ2) is 6.29. The van der Waals surface area contributed by atoms with Gasteiger partial charge in [0, 0.05) is 17.1 Å². The van der Waals surface area contributed by atoms with Crippen LogP contribution in [0.2, 0.25) is 0 Å². The minimum absolute atomic E-state index is 0.123. The Bertz CT molecular complexity index is 702. The molecule has 0 spiro atoms. The maximum Gasteiger partial charge on any atom is 0.285 e. The fourth-order valence-corrected chi connectivity index (χ4v) is 2.68. The standard InChI is InChI=1S/C12H11BrN4O3S/c1-6(14)12-16-9(5-21-12)11(18)15-7-2-3-8(13)10(4-7)17(19)20/h2-6H,14H2,1H3,(H,15,18). The Hall–Kier alpha value is -1.84. The third kappa shape index (κ3) is 3.63. The van der Waals surface area contributed by atoms with Gasteiger partial charge in [-0.25, -0.2) is 4.98 Å². The lowest BCUT2D eigenvalue weighted by Gasteiger charge is -2.04. The van der Waals surface area contributed by atoms with Gasteiger partial charge in [-0.1, -0.05) is 0 Å². The van der Waals surface area contributed by atoms with Crippen molar-refractivity contribution in [2.75, 3.05) is 5.32 Å². The number of anilines is 1. The van der Waals surface area contributed by atoms with E-state index in [1.165, 1.54) is 23.5 Å². The van der Waals surface area contributed by atoms with E-state index in [4.69, 9.17) is 5.73 Å². The Labute approximate surface area is 132 Å². The van der Waals surface area contributed by atoms with Gasteiger partial charge >= 0.3 is 0 Å². The Morgan fingerprint density at radius 2 is 2.29 bits per heavy atom. The zero-order valence-electron chi connectivity index (χ0n) is 10.9. The molecule has 1 amide bonds. The first-order valence-corrected chi connectivity index (χ1v) is 7.52. The number of nitrogens with two attached hydrogens (primary N) is 1. The third-order valence-corrected chi connectivity index (χ3v) is 4.26. The zero-order valence-corrected chi connectivity index (χ0v) is 13.3. The van der Waals surface area contributed by atoms with Gasteiger partial charge < -0.3 is 11.1 Å². The minimum Gasteiger partial charge on any atom is -0.322 e. The fraction of sp³-hybridized carbons (Fsp3) is 0.167. The predicted octanol–water partition coefficient (Wildman–Crippen LogP) is 3.09. The lowest BCUT2D eigenvalue weighted by molar-refractivity contribution is -0.385. The zero-order chi connectivity index (χ0) is 15.6. The van der Waals surface area contributed by atoms with Crippen molar-refractivity contribution < 1.29 is 9.72 Å². The summed E-state index contributed by atoms with van der Waals surface area (Å²) in [5.41, 5.74) is 6.12. The van der Waals surface area contributed by atoms with Gasteiger partial charge in [0.15, 0.2) is 0 Å². The summed E-state index contributed by atoms with van der Waals surface area (Å²) in [5.74, 6) is -0.435. The van der Waals surface area contributed by atoms with E-state index in [9.17, 15) is 14.9 Å². The normalized spacial score (nSPS) is 12.0. The van der Waals surface area contributed by atoms with Crippen molar-refractivity contribution in [3.63, 3.8) is 0 Å². The van der Waals surface area contributed by atoms with Crippen LogP contribution in [-0.2, 0) is 0 Å². The number of hydrogen-bond acceptors (Lipinski definition) is 6. The molecule has 0 aliphatic heterocycles. The first-order valence-electron chi connectivity index (χ1n) is 5.84. The van der Waals surface area contributed by atoms with E-state index < -0.39 is 10.8 Å². The van der Waals surface area contributed by atoms with Crippen molar-refractivity contribution in [1.82, 2.24) is 4.98 Å². The van der Waals surface area contributed by atoms with Crippen LogP contribution in [-0.4, -0.2) is 15.8 Å². The van der Waals surface area contributed by atoms with Gasteiger partial charge in [-0.15, -0.1) is 11.3 Å². The monoisotopic (exact) mass is 370 g/mol. The number of nitro benzene ring substituents is 1. The molecule has 0 saturated carbocycles. The van der Waals surface area contributed by atoms with Gasteiger partial charge in [0.25, 0.3) is 11.6 Å². The van der Waals surface area contributed by atoms with Gasteiger partial charge in [0.05, 0.1) is 15.4 Å². The van der Waals surface area contributed by atoms with Crippen molar-refractivity contribution in [1.29, 1.82) is 0 Å². The van der Waals surface area contributed by atoms with Crippen LogP contribution in [0.3, 0.4) is 0 Å². The summed E-state index contributed by atoms with van der Waals surface area (Å²) >= 11 is 4.38. The lowest BCUT2D eigenvalue weighted by atomic mass is 10.2. The summed E-state index contributed by atoms with van der Waals surface area (Å²) in [5, 5.41) is 15.7. The van der Waals surface area contributed by atoms with Gasteiger partial charge in [-0.05, 0) is 35.0 Å². The molecule has 110 valence electrons. The molecule has 1 aromatic carbocycles. The van der Waals surface area contributed by atoms with E-state index in [1.54, 1.807) is 18.4 Å². The molecule has 0 bridgehead atoms. The predicted molar refractivity (Wildman–Crippen MR) is 83.5 cm³/mol. The van der Waals surface area contributed by atoms with Crippen molar-refractivity contribution in [3.05, 3.63) is 48.9 Å². The van der Waals surface area contributed by atoms with Crippen molar-refractivity contribution >= 4 is 44.5 Å². The first-order chi connectivity index (χ1) is 9.88. The summed E-state index contributed by atoms with van der Waals surface area (Å²) in [7, 11) is 0. The third-order valence-electron chi connectivity index (χ3n) is 2.54. The fourth-order valence-electron chi connectivity index (χ4n) is 1.53. The smallest absolute Gasteiger partial charge is 0.285 e. The lowest BCUT2D eigenvalue weighted by Crippen LogP contribution is -2.13. The molecule has 3 N–H and O–H groups in total. The van der Waals surface area contributed by atoms with Crippen molar-refractivity contribution in [2.45, 2.75) is 13.0 Å². The number of amides is 1. The number of halogens is 1. The Balaban J connectivity index is 2.19. The molecule has 1 heterocycles. The molecule has 0 fully saturated rings. The van der Waals surface area contributed by atoms with Gasteiger partial charge in [0.1, 0.15) is 10.7 Å². The second-order valence-electron chi connectivity index (χ2n) is 4.24. The van der Waals surface area contributed by atoms with E-state index in [0.717, 1.165) is 0 Å². The molecule has 0 aliphatic rings. The highest BCUT2D eigenvalue weighted by Gasteiger charge is 2.16. The van der Waals surface area contributed by atoms with E-state index in [0.29, 0.717) is 15.2 Å². The van der Waals surface area contributed by atoms with Crippen LogP contribution >= 0.6 is 27.3 Å². The topological polar surface area (TPSA) is 111 Å². The summed E-state index contributed by atoms with van der Waals surface area (Å²) < 4.78 is 0.346. The molecule has 2 aromatic rings. The Morgan fingerprint density at radius 1 is 1.57 bits per heavy atom. The average molecular weight is 371 g/mol. The summed E-state index contributed by atoms with van der Waals surface area (Å²) in [6.45, 7) is 1.78. The second-order valence-corrected chi connectivity index (χ2v) is 5.98.